The molecule has 1 aromatic rings. The second kappa shape index (κ2) is 4.86. The van der Waals surface area contributed by atoms with E-state index in [0.717, 1.165) is 17.7 Å². The van der Waals surface area contributed by atoms with Crippen molar-refractivity contribution in [3.8, 4) is 0 Å². The molecule has 2 rings (SSSR count). The van der Waals surface area contributed by atoms with Gasteiger partial charge in [0.2, 0.25) is 5.92 Å². The zero-order valence-electron chi connectivity index (χ0n) is 11.0. The van der Waals surface area contributed by atoms with Crippen LogP contribution in [0.5, 0.6) is 0 Å². The fourth-order valence-corrected chi connectivity index (χ4v) is 2.68. The Morgan fingerprint density at radius 3 is 2.56 bits per heavy atom. The summed E-state index contributed by atoms with van der Waals surface area (Å²) in [4.78, 5) is 0. The lowest BCUT2D eigenvalue weighted by molar-refractivity contribution is -0.0385. The molecule has 0 radical (unpaired) electrons. The van der Waals surface area contributed by atoms with Crippen LogP contribution >= 0.6 is 0 Å². The second-order valence-corrected chi connectivity index (χ2v) is 5.73. The fourth-order valence-electron chi connectivity index (χ4n) is 2.68. The molecule has 0 saturated heterocycles. The van der Waals surface area contributed by atoms with Crippen molar-refractivity contribution in [2.24, 2.45) is 5.92 Å². The van der Waals surface area contributed by atoms with Crippen LogP contribution in [0.1, 0.15) is 56.7 Å². The van der Waals surface area contributed by atoms with E-state index in [-0.39, 0.29) is 18.8 Å². The van der Waals surface area contributed by atoms with Crippen LogP contribution in [0.3, 0.4) is 0 Å². The Morgan fingerprint density at radius 1 is 1.39 bits per heavy atom. The third-order valence-corrected chi connectivity index (χ3v) is 3.67. The van der Waals surface area contributed by atoms with Gasteiger partial charge in [-0.1, -0.05) is 13.8 Å². The van der Waals surface area contributed by atoms with Gasteiger partial charge in [0.15, 0.2) is 0 Å². The summed E-state index contributed by atoms with van der Waals surface area (Å²) in [6.07, 6.45) is 1.82. The largest absolute Gasteiger partial charge is 0.382 e. The topological polar surface area (TPSA) is 54.7 Å². The maximum absolute atomic E-state index is 13.2. The Labute approximate surface area is 106 Å². The van der Waals surface area contributed by atoms with Crippen LogP contribution in [0.15, 0.2) is 0 Å². The molecule has 0 aromatic carbocycles. The summed E-state index contributed by atoms with van der Waals surface area (Å²) < 4.78 is 26.3. The number of hydrogen-bond donors (Lipinski definition) is 2. The van der Waals surface area contributed by atoms with Gasteiger partial charge in [-0.15, -0.1) is 0 Å². The lowest BCUT2D eigenvalue weighted by Crippen LogP contribution is -2.24. The summed E-state index contributed by atoms with van der Waals surface area (Å²) in [5.74, 6) is -1.33. The Hall–Kier alpha value is -1.13. The van der Waals surface area contributed by atoms with Crippen LogP contribution in [0.2, 0.25) is 0 Å². The number of anilines is 1. The van der Waals surface area contributed by atoms with Gasteiger partial charge in [-0.3, -0.25) is 5.10 Å². The monoisotopic (exact) mass is 257 g/mol. The number of nitrogens with zero attached hydrogens (tertiary/aromatic N) is 1. The van der Waals surface area contributed by atoms with Crippen molar-refractivity contribution in [3.63, 3.8) is 0 Å². The second-order valence-electron chi connectivity index (χ2n) is 5.73. The molecule has 1 aliphatic rings. The summed E-state index contributed by atoms with van der Waals surface area (Å²) in [6, 6.07) is 0. The van der Waals surface area contributed by atoms with E-state index in [1.54, 1.807) is 0 Å². The molecule has 1 aromatic heterocycles. The summed E-state index contributed by atoms with van der Waals surface area (Å²) in [7, 11) is 0. The van der Waals surface area contributed by atoms with Crippen molar-refractivity contribution in [1.82, 2.24) is 10.2 Å². The number of aromatic amines is 1. The first kappa shape index (κ1) is 13.3. The highest BCUT2D eigenvalue weighted by atomic mass is 19.3. The van der Waals surface area contributed by atoms with Gasteiger partial charge in [0.05, 0.1) is 0 Å². The van der Waals surface area contributed by atoms with Crippen molar-refractivity contribution < 1.29 is 8.78 Å². The lowest BCUT2D eigenvalue weighted by atomic mass is 9.82. The van der Waals surface area contributed by atoms with Crippen LogP contribution in [0.4, 0.5) is 14.6 Å². The van der Waals surface area contributed by atoms with Crippen LogP contribution in [0, 0.1) is 5.92 Å². The zero-order chi connectivity index (χ0) is 13.3. The minimum Gasteiger partial charge on any atom is -0.382 e. The molecule has 1 fully saturated rings. The molecular formula is C13H21F2N3. The average molecular weight is 257 g/mol. The molecule has 1 aliphatic carbocycles. The maximum atomic E-state index is 13.2. The Bertz CT molecular complexity index is 402. The molecule has 3 nitrogen and oxygen atoms in total. The first-order valence-electron chi connectivity index (χ1n) is 6.59. The first-order valence-corrected chi connectivity index (χ1v) is 6.59. The van der Waals surface area contributed by atoms with Gasteiger partial charge in [0, 0.05) is 30.0 Å². The van der Waals surface area contributed by atoms with E-state index in [0.29, 0.717) is 24.6 Å². The molecule has 0 atom stereocenters. The molecule has 1 saturated carbocycles. The van der Waals surface area contributed by atoms with Gasteiger partial charge < -0.3 is 5.73 Å². The Kier molecular flexibility index (Phi) is 3.59. The van der Waals surface area contributed by atoms with Crippen molar-refractivity contribution in [2.45, 2.75) is 57.8 Å². The average Bonchev–Trinajstić information content (AvgIpc) is 2.60. The van der Waals surface area contributed by atoms with Gasteiger partial charge >= 0.3 is 0 Å². The lowest BCUT2D eigenvalue weighted by Gasteiger charge is -2.28. The molecule has 0 unspecified atom stereocenters. The third-order valence-electron chi connectivity index (χ3n) is 3.67. The van der Waals surface area contributed by atoms with Crippen LogP contribution in [-0.4, -0.2) is 16.1 Å². The van der Waals surface area contributed by atoms with Crippen molar-refractivity contribution in [2.75, 3.05) is 5.73 Å². The molecule has 0 bridgehead atoms. The highest BCUT2D eigenvalue weighted by molar-refractivity contribution is 5.43. The van der Waals surface area contributed by atoms with E-state index >= 15 is 0 Å². The number of alkyl halides is 2. The predicted octanol–water partition coefficient (Wildman–Crippen LogP) is 3.48. The van der Waals surface area contributed by atoms with Crippen molar-refractivity contribution >= 4 is 5.82 Å². The van der Waals surface area contributed by atoms with Gasteiger partial charge in [-0.05, 0) is 25.2 Å². The quantitative estimate of drug-likeness (QED) is 0.871. The molecule has 5 heteroatoms. The van der Waals surface area contributed by atoms with Gasteiger partial charge in [0.1, 0.15) is 5.82 Å². The number of nitrogens with one attached hydrogen (secondary N) is 1. The summed E-state index contributed by atoms with van der Waals surface area (Å²) in [5.41, 5.74) is 7.87. The molecule has 102 valence electrons. The third kappa shape index (κ3) is 2.82. The Morgan fingerprint density at radius 2 is 2.00 bits per heavy atom. The van der Waals surface area contributed by atoms with Gasteiger partial charge in [0.25, 0.3) is 0 Å². The predicted molar refractivity (Wildman–Crippen MR) is 67.7 cm³/mol. The number of aromatic nitrogens is 2. The van der Waals surface area contributed by atoms with Crippen LogP contribution in [-0.2, 0) is 6.42 Å². The smallest absolute Gasteiger partial charge is 0.248 e. The van der Waals surface area contributed by atoms with E-state index in [2.05, 4.69) is 24.0 Å². The summed E-state index contributed by atoms with van der Waals surface area (Å²) >= 11 is 0. The molecule has 3 N–H and O–H groups in total. The van der Waals surface area contributed by atoms with Gasteiger partial charge in [-0.2, -0.15) is 5.10 Å². The van der Waals surface area contributed by atoms with E-state index in [9.17, 15) is 8.78 Å². The van der Waals surface area contributed by atoms with E-state index in [1.807, 2.05) is 0 Å². The SMILES string of the molecule is CC(C)Cc1c(N)n[nH]c1C1CCC(F)(F)CC1. The Balaban J connectivity index is 2.14. The van der Waals surface area contributed by atoms with Crippen molar-refractivity contribution in [1.29, 1.82) is 0 Å². The number of rotatable bonds is 3. The molecule has 0 aliphatic heterocycles. The normalized spacial score (nSPS) is 20.5. The van der Waals surface area contributed by atoms with Crippen LogP contribution in [0.25, 0.3) is 0 Å². The number of nitrogen functional groups attached to an aromatic ring is 1. The maximum Gasteiger partial charge on any atom is 0.248 e. The van der Waals surface area contributed by atoms with Gasteiger partial charge in [-0.25, -0.2) is 8.78 Å². The molecule has 1 heterocycles. The van der Waals surface area contributed by atoms with E-state index in [4.69, 9.17) is 5.73 Å². The first-order chi connectivity index (χ1) is 8.39. The molecule has 18 heavy (non-hydrogen) atoms. The van der Waals surface area contributed by atoms with Crippen molar-refractivity contribution in [3.05, 3.63) is 11.3 Å². The minimum absolute atomic E-state index is 0.0300. The number of H-pyrrole nitrogens is 1. The summed E-state index contributed by atoms with van der Waals surface area (Å²) in [6.45, 7) is 4.23. The standard InChI is InChI=1S/C13H21F2N3/c1-8(2)7-10-11(17-18-12(10)16)9-3-5-13(14,15)6-4-9/h8-9H,3-7H2,1-2H3,(H3,16,17,18). The molecule has 0 amide bonds. The van der Waals surface area contributed by atoms with Crippen LogP contribution < -0.4 is 5.73 Å². The van der Waals surface area contributed by atoms with E-state index in [1.165, 1.54) is 0 Å². The zero-order valence-corrected chi connectivity index (χ0v) is 11.0. The molecule has 0 spiro atoms. The minimum atomic E-state index is -2.49. The fraction of sp³-hybridized carbons (Fsp3) is 0.769. The molecular weight excluding hydrogens is 236 g/mol. The number of hydrogen-bond acceptors (Lipinski definition) is 2. The number of halogens is 2. The van der Waals surface area contributed by atoms with E-state index < -0.39 is 5.92 Å². The summed E-state index contributed by atoms with van der Waals surface area (Å²) in [5, 5.41) is 7.00. The highest BCUT2D eigenvalue weighted by Gasteiger charge is 2.36. The number of nitrogens with two attached hydrogens (primary N) is 1. The highest BCUT2D eigenvalue weighted by Crippen LogP contribution is 2.42.